The highest BCUT2D eigenvalue weighted by atomic mass is 35.5. The van der Waals surface area contributed by atoms with Gasteiger partial charge in [0, 0.05) is 10.6 Å². The highest BCUT2D eigenvalue weighted by molar-refractivity contribution is 6.31. The Bertz CT molecular complexity index is 549. The van der Waals surface area contributed by atoms with Gasteiger partial charge in [0.2, 0.25) is 0 Å². The third-order valence-electron chi connectivity index (χ3n) is 2.19. The molecule has 4 nitrogen and oxygen atoms in total. The van der Waals surface area contributed by atoms with Gasteiger partial charge < -0.3 is 5.11 Å². The number of halogens is 2. The lowest BCUT2D eigenvalue weighted by atomic mass is 10.2. The van der Waals surface area contributed by atoms with E-state index in [0.29, 0.717) is 15.7 Å². The number of nitrogens with zero attached hydrogens (tertiary/aromatic N) is 2. The molecule has 1 aromatic heterocycles. The topological polar surface area (TPSA) is 55.1 Å². The van der Waals surface area contributed by atoms with E-state index >= 15 is 0 Å². The Labute approximate surface area is 107 Å². The molecule has 0 aliphatic carbocycles. The molecule has 0 saturated carbocycles. The predicted molar refractivity (Wildman–Crippen MR) is 64.9 cm³/mol. The van der Waals surface area contributed by atoms with Gasteiger partial charge in [0.15, 0.2) is 0 Å². The van der Waals surface area contributed by atoms with Crippen molar-refractivity contribution in [3.63, 3.8) is 0 Å². The number of hydrogen-bond donors (Lipinski definition) is 1. The third kappa shape index (κ3) is 2.60. The lowest BCUT2D eigenvalue weighted by Gasteiger charge is -2.03. The summed E-state index contributed by atoms with van der Waals surface area (Å²) in [4.78, 5) is 10.6. The van der Waals surface area contributed by atoms with E-state index in [0.717, 1.165) is 5.69 Å². The zero-order valence-corrected chi connectivity index (χ0v) is 10.1. The maximum absolute atomic E-state index is 10.6. The van der Waals surface area contributed by atoms with Crippen LogP contribution in [0.15, 0.2) is 30.5 Å². The van der Waals surface area contributed by atoms with Crippen LogP contribution in [0.1, 0.15) is 5.56 Å². The van der Waals surface area contributed by atoms with Crippen molar-refractivity contribution < 1.29 is 9.90 Å². The summed E-state index contributed by atoms with van der Waals surface area (Å²) in [6.45, 7) is 0. The van der Waals surface area contributed by atoms with Gasteiger partial charge in [0.05, 0.1) is 18.3 Å². The molecule has 0 amide bonds. The molecule has 0 bridgehead atoms. The molecule has 1 N–H and O–H groups in total. The van der Waals surface area contributed by atoms with Gasteiger partial charge in [-0.2, -0.15) is 5.10 Å². The predicted octanol–water partition coefficient (Wildman–Crippen LogP) is 2.81. The highest BCUT2D eigenvalue weighted by Gasteiger charge is 2.12. The van der Waals surface area contributed by atoms with Gasteiger partial charge in [-0.05, 0) is 24.3 Å². The molecule has 88 valence electrons. The SMILES string of the molecule is O=C(O)Cc1cnn(-c2ccc(Cl)cc2)c1Cl. The zero-order valence-electron chi connectivity index (χ0n) is 8.60. The van der Waals surface area contributed by atoms with E-state index < -0.39 is 5.97 Å². The van der Waals surface area contributed by atoms with Crippen LogP contribution in [0.25, 0.3) is 5.69 Å². The molecule has 0 aliphatic heterocycles. The molecule has 0 unspecified atom stereocenters. The van der Waals surface area contributed by atoms with Gasteiger partial charge in [0.1, 0.15) is 5.15 Å². The van der Waals surface area contributed by atoms with Crippen molar-refractivity contribution in [3.8, 4) is 5.69 Å². The second-order valence-electron chi connectivity index (χ2n) is 3.42. The molecule has 2 rings (SSSR count). The van der Waals surface area contributed by atoms with Crippen molar-refractivity contribution in [1.29, 1.82) is 0 Å². The van der Waals surface area contributed by atoms with E-state index in [4.69, 9.17) is 28.3 Å². The fourth-order valence-electron chi connectivity index (χ4n) is 1.41. The fraction of sp³-hybridized carbons (Fsp3) is 0.0909. The molecule has 1 heterocycles. The van der Waals surface area contributed by atoms with Crippen LogP contribution in [0.5, 0.6) is 0 Å². The molecular weight excluding hydrogens is 263 g/mol. The summed E-state index contributed by atoms with van der Waals surface area (Å²) in [5.41, 5.74) is 1.21. The summed E-state index contributed by atoms with van der Waals surface area (Å²) < 4.78 is 1.47. The van der Waals surface area contributed by atoms with Crippen molar-refractivity contribution in [2.45, 2.75) is 6.42 Å². The second kappa shape index (κ2) is 4.77. The lowest BCUT2D eigenvalue weighted by Crippen LogP contribution is -2.00. The van der Waals surface area contributed by atoms with E-state index in [1.807, 2.05) is 0 Å². The molecule has 0 atom stereocenters. The van der Waals surface area contributed by atoms with E-state index in [-0.39, 0.29) is 6.42 Å². The Morgan fingerprint density at radius 3 is 2.53 bits per heavy atom. The second-order valence-corrected chi connectivity index (χ2v) is 4.21. The van der Waals surface area contributed by atoms with Crippen molar-refractivity contribution in [3.05, 3.63) is 46.2 Å². The molecule has 0 spiro atoms. The Morgan fingerprint density at radius 1 is 1.29 bits per heavy atom. The van der Waals surface area contributed by atoms with Crippen LogP contribution in [0.4, 0.5) is 0 Å². The summed E-state index contributed by atoms with van der Waals surface area (Å²) in [5, 5.41) is 13.7. The van der Waals surface area contributed by atoms with E-state index in [9.17, 15) is 4.79 Å². The van der Waals surface area contributed by atoms with Crippen LogP contribution in [-0.2, 0) is 11.2 Å². The van der Waals surface area contributed by atoms with Crippen LogP contribution >= 0.6 is 23.2 Å². The Balaban J connectivity index is 2.37. The van der Waals surface area contributed by atoms with Crippen molar-refractivity contribution in [2.75, 3.05) is 0 Å². The summed E-state index contributed by atoms with van der Waals surface area (Å²) in [6, 6.07) is 6.94. The van der Waals surface area contributed by atoms with Crippen LogP contribution < -0.4 is 0 Å². The number of rotatable bonds is 3. The van der Waals surface area contributed by atoms with Gasteiger partial charge in [0.25, 0.3) is 0 Å². The molecule has 0 fully saturated rings. The molecule has 0 radical (unpaired) electrons. The van der Waals surface area contributed by atoms with E-state index in [2.05, 4.69) is 5.10 Å². The first-order valence-electron chi connectivity index (χ1n) is 4.78. The molecule has 1 aromatic carbocycles. The Hall–Kier alpha value is -1.52. The van der Waals surface area contributed by atoms with Crippen LogP contribution in [-0.4, -0.2) is 20.9 Å². The first kappa shape index (κ1) is 12.0. The number of carboxylic acid groups (broad SMARTS) is 1. The number of carboxylic acids is 1. The van der Waals surface area contributed by atoms with Gasteiger partial charge >= 0.3 is 5.97 Å². The number of aliphatic carboxylic acids is 1. The third-order valence-corrected chi connectivity index (χ3v) is 2.85. The quantitative estimate of drug-likeness (QED) is 0.933. The largest absolute Gasteiger partial charge is 0.481 e. The van der Waals surface area contributed by atoms with E-state index in [1.54, 1.807) is 24.3 Å². The monoisotopic (exact) mass is 270 g/mol. The van der Waals surface area contributed by atoms with Gasteiger partial charge in [-0.15, -0.1) is 0 Å². The maximum Gasteiger partial charge on any atom is 0.307 e. The molecule has 0 saturated heterocycles. The normalized spacial score (nSPS) is 10.5. The minimum atomic E-state index is -0.942. The summed E-state index contributed by atoms with van der Waals surface area (Å²) in [6.07, 6.45) is 1.30. The van der Waals surface area contributed by atoms with E-state index in [1.165, 1.54) is 10.9 Å². The summed E-state index contributed by atoms with van der Waals surface area (Å²) in [7, 11) is 0. The standard InChI is InChI=1S/C11H8Cl2N2O2/c12-8-1-3-9(4-2-8)15-11(13)7(6-14-15)5-10(16)17/h1-4,6H,5H2,(H,16,17). The number of benzene rings is 1. The summed E-state index contributed by atoms with van der Waals surface area (Å²) >= 11 is 11.8. The number of aromatic nitrogens is 2. The molecule has 6 heteroatoms. The van der Waals surface area contributed by atoms with Gasteiger partial charge in [-0.3, -0.25) is 4.79 Å². The molecular formula is C11H8Cl2N2O2. The Kier molecular flexibility index (Phi) is 3.36. The van der Waals surface area contributed by atoms with Crippen molar-refractivity contribution >= 4 is 29.2 Å². The van der Waals surface area contributed by atoms with Crippen molar-refractivity contribution in [1.82, 2.24) is 9.78 Å². The lowest BCUT2D eigenvalue weighted by molar-refractivity contribution is -0.136. The highest BCUT2D eigenvalue weighted by Crippen LogP contribution is 2.21. The molecule has 17 heavy (non-hydrogen) atoms. The molecule has 0 aliphatic rings. The zero-order chi connectivity index (χ0) is 12.4. The molecule has 2 aromatic rings. The minimum Gasteiger partial charge on any atom is -0.481 e. The van der Waals surface area contributed by atoms with Crippen LogP contribution in [0, 0.1) is 0 Å². The number of hydrogen-bond acceptors (Lipinski definition) is 2. The Morgan fingerprint density at radius 2 is 1.94 bits per heavy atom. The first-order chi connectivity index (χ1) is 8.08. The fourth-order valence-corrected chi connectivity index (χ4v) is 1.79. The maximum atomic E-state index is 10.6. The van der Waals surface area contributed by atoms with Crippen LogP contribution in [0.2, 0.25) is 10.2 Å². The minimum absolute atomic E-state index is 0.146. The number of carbonyl (C=O) groups is 1. The van der Waals surface area contributed by atoms with Gasteiger partial charge in [-0.25, -0.2) is 4.68 Å². The van der Waals surface area contributed by atoms with Gasteiger partial charge in [-0.1, -0.05) is 23.2 Å². The van der Waals surface area contributed by atoms with Crippen molar-refractivity contribution in [2.24, 2.45) is 0 Å². The first-order valence-corrected chi connectivity index (χ1v) is 5.53. The average molecular weight is 271 g/mol. The summed E-state index contributed by atoms with van der Waals surface area (Å²) in [5.74, 6) is -0.942. The average Bonchev–Trinajstić information content (AvgIpc) is 2.61. The van der Waals surface area contributed by atoms with Crippen LogP contribution in [0.3, 0.4) is 0 Å². The smallest absolute Gasteiger partial charge is 0.307 e.